The average molecular weight is 262 g/mol. The number of fused-ring (bicyclic) bond motifs is 1. The zero-order valence-corrected chi connectivity index (χ0v) is 11.4. The summed E-state index contributed by atoms with van der Waals surface area (Å²) in [5.74, 6) is -0.534. The van der Waals surface area contributed by atoms with Crippen LogP contribution in [0.25, 0.3) is 10.9 Å². The van der Waals surface area contributed by atoms with Crippen molar-refractivity contribution < 1.29 is 14.6 Å². The second-order valence-electron chi connectivity index (χ2n) is 4.66. The Balaban J connectivity index is 2.59. The Hall–Kier alpha value is -2.01. The molecule has 0 fully saturated rings. The van der Waals surface area contributed by atoms with Crippen molar-refractivity contribution in [1.82, 2.24) is 9.47 Å². The van der Waals surface area contributed by atoms with Gasteiger partial charge in [-0.15, -0.1) is 0 Å². The number of esters is 1. The highest BCUT2D eigenvalue weighted by Gasteiger charge is 2.22. The second-order valence-corrected chi connectivity index (χ2v) is 4.66. The van der Waals surface area contributed by atoms with Gasteiger partial charge < -0.3 is 19.3 Å². The molecule has 1 heterocycles. The van der Waals surface area contributed by atoms with Crippen LogP contribution >= 0.6 is 0 Å². The number of carbonyl (C=O) groups is 1. The molecule has 2 aromatic rings. The molecule has 0 radical (unpaired) electrons. The van der Waals surface area contributed by atoms with Gasteiger partial charge in [0, 0.05) is 18.5 Å². The molecule has 0 unspecified atom stereocenters. The zero-order chi connectivity index (χ0) is 14.0. The summed E-state index contributed by atoms with van der Waals surface area (Å²) in [6.45, 7) is 1.38. The molecule has 19 heavy (non-hydrogen) atoms. The van der Waals surface area contributed by atoms with E-state index in [1.807, 2.05) is 37.2 Å². The van der Waals surface area contributed by atoms with Crippen LogP contribution < -0.4 is 0 Å². The normalized spacial score (nSPS) is 11.2. The molecule has 1 aromatic heterocycles. The summed E-state index contributed by atoms with van der Waals surface area (Å²) in [7, 11) is 5.24. The van der Waals surface area contributed by atoms with Crippen molar-refractivity contribution >= 4 is 16.9 Å². The predicted molar refractivity (Wildman–Crippen MR) is 73.5 cm³/mol. The number of rotatable bonds is 4. The Bertz CT molecular complexity index is 602. The molecule has 1 N–H and O–H groups in total. The molecule has 1 aromatic carbocycles. The van der Waals surface area contributed by atoms with Gasteiger partial charge in [0.2, 0.25) is 0 Å². The number of aromatic nitrogens is 1. The number of likely N-dealkylation sites (N-methyl/N-ethyl adjacent to an activating group) is 1. The van der Waals surface area contributed by atoms with Gasteiger partial charge in [0.15, 0.2) is 11.4 Å². The Morgan fingerprint density at radius 3 is 2.68 bits per heavy atom. The van der Waals surface area contributed by atoms with Gasteiger partial charge in [0.05, 0.1) is 12.6 Å². The highest BCUT2D eigenvalue weighted by Crippen LogP contribution is 2.32. The lowest BCUT2D eigenvalue weighted by Crippen LogP contribution is -2.21. The molecule has 0 aliphatic heterocycles. The fourth-order valence-electron chi connectivity index (χ4n) is 2.12. The van der Waals surface area contributed by atoms with Crippen molar-refractivity contribution in [3.05, 3.63) is 30.0 Å². The van der Waals surface area contributed by atoms with Crippen LogP contribution in [-0.2, 0) is 11.3 Å². The number of methoxy groups -OCH3 is 1. The molecule has 5 nitrogen and oxygen atoms in total. The van der Waals surface area contributed by atoms with E-state index in [0.717, 1.165) is 12.1 Å². The fraction of sp³-hybridized carbons (Fsp3) is 0.357. The van der Waals surface area contributed by atoms with Crippen molar-refractivity contribution in [2.45, 2.75) is 6.54 Å². The summed E-state index contributed by atoms with van der Waals surface area (Å²) < 4.78 is 6.56. The van der Waals surface area contributed by atoms with Gasteiger partial charge in [-0.05, 0) is 26.2 Å². The van der Waals surface area contributed by atoms with Crippen LogP contribution in [0.3, 0.4) is 0 Å². The van der Waals surface area contributed by atoms with Gasteiger partial charge in [0.25, 0.3) is 0 Å². The molecule has 102 valence electrons. The minimum absolute atomic E-state index is 0.0128. The van der Waals surface area contributed by atoms with Gasteiger partial charge in [-0.3, -0.25) is 0 Å². The Morgan fingerprint density at radius 1 is 1.37 bits per heavy atom. The van der Waals surface area contributed by atoms with E-state index < -0.39 is 5.97 Å². The first-order valence-electron chi connectivity index (χ1n) is 6.09. The van der Waals surface area contributed by atoms with Crippen molar-refractivity contribution in [3.8, 4) is 5.75 Å². The first-order chi connectivity index (χ1) is 9.06. The molecule has 0 aliphatic rings. The first-order valence-corrected chi connectivity index (χ1v) is 6.09. The summed E-state index contributed by atoms with van der Waals surface area (Å²) >= 11 is 0. The van der Waals surface area contributed by atoms with Crippen LogP contribution in [0.15, 0.2) is 24.3 Å². The lowest BCUT2D eigenvalue weighted by atomic mass is 10.2. The number of para-hydroxylation sites is 1. The smallest absolute Gasteiger partial charge is 0.358 e. The van der Waals surface area contributed by atoms with Crippen LogP contribution in [-0.4, -0.2) is 48.3 Å². The van der Waals surface area contributed by atoms with E-state index in [4.69, 9.17) is 4.74 Å². The van der Waals surface area contributed by atoms with Gasteiger partial charge in [-0.25, -0.2) is 4.79 Å². The number of ether oxygens (including phenoxy) is 1. The molecule has 2 rings (SSSR count). The summed E-state index contributed by atoms with van der Waals surface area (Å²) in [4.78, 5) is 13.9. The quantitative estimate of drug-likeness (QED) is 0.852. The van der Waals surface area contributed by atoms with Crippen molar-refractivity contribution in [2.75, 3.05) is 27.7 Å². The summed E-state index contributed by atoms with van der Waals surface area (Å²) in [6.07, 6.45) is 0. The third kappa shape index (κ3) is 2.42. The van der Waals surface area contributed by atoms with E-state index >= 15 is 0 Å². The maximum Gasteiger partial charge on any atom is 0.358 e. The lowest BCUT2D eigenvalue weighted by molar-refractivity contribution is 0.0585. The SMILES string of the molecule is COC(=O)c1c(O)c2ccccc2n1CCN(C)C. The van der Waals surface area contributed by atoms with Crippen molar-refractivity contribution in [2.24, 2.45) is 0 Å². The van der Waals surface area contributed by atoms with Crippen LogP contribution in [0.2, 0.25) is 0 Å². The number of carbonyl (C=O) groups excluding carboxylic acids is 1. The maximum atomic E-state index is 11.9. The van der Waals surface area contributed by atoms with E-state index in [9.17, 15) is 9.90 Å². The van der Waals surface area contributed by atoms with E-state index in [0.29, 0.717) is 11.9 Å². The first kappa shape index (κ1) is 13.4. The third-order valence-corrected chi connectivity index (χ3v) is 3.09. The highest BCUT2D eigenvalue weighted by atomic mass is 16.5. The topological polar surface area (TPSA) is 54.7 Å². The summed E-state index contributed by atoms with van der Waals surface area (Å²) in [5.41, 5.74) is 1.05. The largest absolute Gasteiger partial charge is 0.505 e. The average Bonchev–Trinajstić information content (AvgIpc) is 2.69. The minimum atomic E-state index is -0.521. The van der Waals surface area contributed by atoms with Gasteiger partial charge in [-0.2, -0.15) is 0 Å². The third-order valence-electron chi connectivity index (χ3n) is 3.09. The zero-order valence-electron chi connectivity index (χ0n) is 11.4. The number of hydrogen-bond donors (Lipinski definition) is 1. The Morgan fingerprint density at radius 2 is 2.05 bits per heavy atom. The minimum Gasteiger partial charge on any atom is -0.505 e. The number of aromatic hydroxyl groups is 1. The van der Waals surface area contributed by atoms with Crippen LogP contribution in [0.4, 0.5) is 0 Å². The Kier molecular flexibility index (Phi) is 3.76. The van der Waals surface area contributed by atoms with Crippen LogP contribution in [0, 0.1) is 0 Å². The molecule has 0 aliphatic carbocycles. The molecule has 0 amide bonds. The van der Waals surface area contributed by atoms with Gasteiger partial charge >= 0.3 is 5.97 Å². The van der Waals surface area contributed by atoms with Gasteiger partial charge in [-0.1, -0.05) is 12.1 Å². The van der Waals surface area contributed by atoms with Crippen molar-refractivity contribution in [1.29, 1.82) is 0 Å². The molecule has 0 spiro atoms. The molecule has 5 heteroatoms. The van der Waals surface area contributed by atoms with E-state index in [1.54, 1.807) is 10.6 Å². The number of nitrogens with zero attached hydrogens (tertiary/aromatic N) is 2. The molecule has 0 saturated carbocycles. The fourth-order valence-corrected chi connectivity index (χ4v) is 2.12. The van der Waals surface area contributed by atoms with Crippen LogP contribution in [0.5, 0.6) is 5.75 Å². The molecule has 0 saturated heterocycles. The highest BCUT2D eigenvalue weighted by molar-refractivity contribution is 6.01. The standard InChI is InChI=1S/C14H18N2O3/c1-15(2)8-9-16-11-7-5-4-6-10(11)13(17)12(16)14(18)19-3/h4-7,17H,8-9H2,1-3H3. The van der Waals surface area contributed by atoms with E-state index in [2.05, 4.69) is 0 Å². The van der Waals surface area contributed by atoms with Gasteiger partial charge in [0.1, 0.15) is 0 Å². The molecule has 0 atom stereocenters. The predicted octanol–water partition coefficient (Wildman–Crippen LogP) is 1.70. The lowest BCUT2D eigenvalue weighted by Gasteiger charge is -2.13. The molecular formula is C14H18N2O3. The summed E-state index contributed by atoms with van der Waals surface area (Å²) in [5, 5.41) is 10.9. The number of hydrogen-bond acceptors (Lipinski definition) is 4. The Labute approximate surface area is 112 Å². The molecular weight excluding hydrogens is 244 g/mol. The molecule has 0 bridgehead atoms. The summed E-state index contributed by atoms with van der Waals surface area (Å²) in [6, 6.07) is 7.40. The monoisotopic (exact) mass is 262 g/mol. The second kappa shape index (κ2) is 5.32. The number of benzene rings is 1. The van der Waals surface area contributed by atoms with E-state index in [1.165, 1.54) is 7.11 Å². The maximum absolute atomic E-state index is 11.9. The van der Waals surface area contributed by atoms with Crippen molar-refractivity contribution in [3.63, 3.8) is 0 Å². The van der Waals surface area contributed by atoms with E-state index in [-0.39, 0.29) is 11.4 Å². The van der Waals surface area contributed by atoms with Crippen LogP contribution in [0.1, 0.15) is 10.5 Å².